The molecule has 1 fully saturated rings. The second-order valence-electron chi connectivity index (χ2n) is 5.53. The summed E-state index contributed by atoms with van der Waals surface area (Å²) in [5.41, 5.74) is 0.578. The Balaban J connectivity index is 1.52. The topological polar surface area (TPSA) is 130 Å². The highest BCUT2D eigenvalue weighted by atomic mass is 16.5. The van der Waals surface area contributed by atoms with Crippen LogP contribution in [0.2, 0.25) is 0 Å². The van der Waals surface area contributed by atoms with Crippen molar-refractivity contribution in [2.45, 2.75) is 25.4 Å². The first-order valence-corrected chi connectivity index (χ1v) is 7.62. The molecule has 1 aliphatic rings. The smallest absolute Gasteiger partial charge is 0.322 e. The molecule has 0 aromatic carbocycles. The highest BCUT2D eigenvalue weighted by Gasteiger charge is 2.30. The fraction of sp³-hybridized carbons (Fsp3) is 0.333. The minimum atomic E-state index is -0.677. The molecule has 0 bridgehead atoms. The van der Waals surface area contributed by atoms with E-state index in [9.17, 15) is 14.4 Å². The Bertz CT molecular complexity index is 790. The zero-order valence-electron chi connectivity index (χ0n) is 13.4. The molecule has 1 atom stereocenters. The predicted molar refractivity (Wildman–Crippen MR) is 83.7 cm³/mol. The van der Waals surface area contributed by atoms with Gasteiger partial charge in [-0.15, -0.1) is 0 Å². The van der Waals surface area contributed by atoms with Crippen LogP contribution in [0.25, 0.3) is 11.5 Å². The maximum atomic E-state index is 12.1. The Morgan fingerprint density at radius 3 is 2.88 bits per heavy atom. The predicted octanol–water partition coefficient (Wildman–Crippen LogP) is 0.0782. The van der Waals surface area contributed by atoms with Gasteiger partial charge in [0.05, 0.1) is 6.54 Å². The van der Waals surface area contributed by atoms with Crippen molar-refractivity contribution in [2.75, 3.05) is 7.05 Å². The molecule has 10 heteroatoms. The van der Waals surface area contributed by atoms with E-state index in [1.807, 2.05) is 6.07 Å². The molecule has 3 rings (SSSR count). The molecule has 25 heavy (non-hydrogen) atoms. The van der Waals surface area contributed by atoms with Crippen molar-refractivity contribution in [3.05, 3.63) is 30.3 Å². The van der Waals surface area contributed by atoms with E-state index in [2.05, 4.69) is 25.8 Å². The van der Waals surface area contributed by atoms with Crippen LogP contribution in [-0.4, -0.2) is 51.0 Å². The van der Waals surface area contributed by atoms with Gasteiger partial charge in [-0.3, -0.25) is 19.9 Å². The van der Waals surface area contributed by atoms with Crippen LogP contribution in [0.15, 0.2) is 28.9 Å². The van der Waals surface area contributed by atoms with Gasteiger partial charge in [0.2, 0.25) is 17.6 Å². The van der Waals surface area contributed by atoms with Gasteiger partial charge < -0.3 is 14.7 Å². The highest BCUT2D eigenvalue weighted by Crippen LogP contribution is 2.13. The first-order chi connectivity index (χ1) is 12.0. The number of rotatable bonds is 6. The average molecular weight is 344 g/mol. The molecule has 2 aromatic rings. The normalized spacial score (nSPS) is 16.4. The summed E-state index contributed by atoms with van der Waals surface area (Å²) in [6.45, 7) is 0.141. The lowest BCUT2D eigenvalue weighted by atomic mass is 10.1. The van der Waals surface area contributed by atoms with E-state index in [1.165, 1.54) is 4.90 Å². The highest BCUT2D eigenvalue weighted by molar-refractivity contribution is 6.04. The van der Waals surface area contributed by atoms with E-state index in [-0.39, 0.29) is 31.2 Å². The summed E-state index contributed by atoms with van der Waals surface area (Å²) in [6.07, 6.45) is 1.96. The molecule has 0 aliphatic carbocycles. The van der Waals surface area contributed by atoms with Crippen LogP contribution in [-0.2, 0) is 16.1 Å². The average Bonchev–Trinajstić information content (AvgIpc) is 3.19. The van der Waals surface area contributed by atoms with Gasteiger partial charge in [0.1, 0.15) is 11.7 Å². The van der Waals surface area contributed by atoms with Gasteiger partial charge in [-0.1, -0.05) is 11.2 Å². The summed E-state index contributed by atoms with van der Waals surface area (Å²) in [6, 6.07) is 4.13. The zero-order chi connectivity index (χ0) is 17.8. The number of hydrogen-bond donors (Lipinski definition) is 2. The molecule has 1 saturated heterocycles. The van der Waals surface area contributed by atoms with Crippen LogP contribution in [0, 0.1) is 0 Å². The Morgan fingerprint density at radius 1 is 1.36 bits per heavy atom. The van der Waals surface area contributed by atoms with E-state index in [4.69, 9.17) is 4.52 Å². The fourth-order valence-corrected chi connectivity index (χ4v) is 2.33. The fourth-order valence-electron chi connectivity index (χ4n) is 2.33. The van der Waals surface area contributed by atoms with Crippen molar-refractivity contribution in [3.8, 4) is 11.5 Å². The molecule has 2 N–H and O–H groups in total. The number of aromatic nitrogens is 3. The van der Waals surface area contributed by atoms with E-state index in [0.29, 0.717) is 11.5 Å². The van der Waals surface area contributed by atoms with E-state index < -0.39 is 18.0 Å². The lowest BCUT2D eigenvalue weighted by Gasteiger charge is -2.15. The third-order valence-electron chi connectivity index (χ3n) is 3.67. The summed E-state index contributed by atoms with van der Waals surface area (Å²) >= 11 is 0. The number of urea groups is 1. The first-order valence-electron chi connectivity index (χ1n) is 7.62. The monoisotopic (exact) mass is 344 g/mol. The Hall–Kier alpha value is -3.30. The van der Waals surface area contributed by atoms with Crippen LogP contribution in [0.1, 0.15) is 18.7 Å². The number of nitrogens with zero attached hydrogens (tertiary/aromatic N) is 4. The standard InChI is InChI=1S/C15H16N6O4/c1-21(12(22)6-5-10-14(23)19-15(24)17-10)8-11-18-13(20-25-11)9-4-2-3-7-16-9/h2-4,7,10H,5-6,8H2,1H3,(H2,17,19,23,24). The van der Waals surface area contributed by atoms with Gasteiger partial charge in [-0.2, -0.15) is 4.98 Å². The summed E-state index contributed by atoms with van der Waals surface area (Å²) in [5, 5.41) is 8.41. The van der Waals surface area contributed by atoms with E-state index in [1.54, 1.807) is 25.4 Å². The van der Waals surface area contributed by atoms with Crippen molar-refractivity contribution in [2.24, 2.45) is 0 Å². The van der Waals surface area contributed by atoms with Crippen molar-refractivity contribution in [1.29, 1.82) is 0 Å². The maximum absolute atomic E-state index is 12.1. The van der Waals surface area contributed by atoms with Gasteiger partial charge in [0, 0.05) is 19.7 Å². The van der Waals surface area contributed by atoms with Crippen molar-refractivity contribution < 1.29 is 18.9 Å². The SMILES string of the molecule is CN(Cc1nc(-c2ccccn2)no1)C(=O)CCC1NC(=O)NC1=O. The molecule has 10 nitrogen and oxygen atoms in total. The van der Waals surface area contributed by atoms with Crippen molar-refractivity contribution in [3.63, 3.8) is 0 Å². The summed E-state index contributed by atoms with van der Waals surface area (Å²) in [7, 11) is 1.60. The van der Waals surface area contributed by atoms with E-state index in [0.717, 1.165) is 0 Å². The molecule has 1 unspecified atom stereocenters. The lowest BCUT2D eigenvalue weighted by molar-refractivity contribution is -0.131. The number of pyridine rings is 1. The van der Waals surface area contributed by atoms with Crippen LogP contribution in [0.4, 0.5) is 4.79 Å². The van der Waals surface area contributed by atoms with Crippen LogP contribution in [0.5, 0.6) is 0 Å². The van der Waals surface area contributed by atoms with Crippen LogP contribution < -0.4 is 10.6 Å². The number of carbonyl (C=O) groups excluding carboxylic acids is 3. The summed E-state index contributed by atoms with van der Waals surface area (Å²) < 4.78 is 5.13. The molecule has 0 saturated carbocycles. The second kappa shape index (κ2) is 7.07. The third kappa shape index (κ3) is 3.97. The Kier molecular flexibility index (Phi) is 4.68. The molecule has 2 aromatic heterocycles. The van der Waals surface area contributed by atoms with Gasteiger partial charge in [-0.05, 0) is 18.6 Å². The Morgan fingerprint density at radius 2 is 2.20 bits per heavy atom. The zero-order valence-corrected chi connectivity index (χ0v) is 13.4. The quantitative estimate of drug-likeness (QED) is 0.709. The van der Waals surface area contributed by atoms with Gasteiger partial charge in [0.25, 0.3) is 5.91 Å². The number of nitrogens with one attached hydrogen (secondary N) is 2. The number of hydrogen-bond acceptors (Lipinski definition) is 7. The van der Waals surface area contributed by atoms with Crippen molar-refractivity contribution in [1.82, 2.24) is 30.7 Å². The minimum Gasteiger partial charge on any atom is -0.337 e. The minimum absolute atomic E-state index is 0.107. The number of amides is 4. The third-order valence-corrected chi connectivity index (χ3v) is 3.67. The molecule has 0 spiro atoms. The maximum Gasteiger partial charge on any atom is 0.322 e. The lowest BCUT2D eigenvalue weighted by Crippen LogP contribution is -2.32. The largest absolute Gasteiger partial charge is 0.337 e. The first kappa shape index (κ1) is 16.6. The molecule has 3 heterocycles. The van der Waals surface area contributed by atoms with Gasteiger partial charge >= 0.3 is 6.03 Å². The molecular formula is C15H16N6O4. The van der Waals surface area contributed by atoms with Gasteiger partial charge in [0.15, 0.2) is 0 Å². The van der Waals surface area contributed by atoms with Crippen LogP contribution in [0.3, 0.4) is 0 Å². The number of carbonyl (C=O) groups is 3. The molecule has 4 amide bonds. The molecule has 130 valence electrons. The summed E-state index contributed by atoms with van der Waals surface area (Å²) in [4.78, 5) is 44.4. The van der Waals surface area contributed by atoms with Crippen LogP contribution >= 0.6 is 0 Å². The number of imide groups is 1. The Labute approximate surface area is 142 Å². The molecule has 0 radical (unpaired) electrons. The molecule has 1 aliphatic heterocycles. The van der Waals surface area contributed by atoms with E-state index >= 15 is 0 Å². The second-order valence-corrected chi connectivity index (χ2v) is 5.53. The molecular weight excluding hydrogens is 328 g/mol. The summed E-state index contributed by atoms with van der Waals surface area (Å²) in [5.74, 6) is 0.00842. The van der Waals surface area contributed by atoms with Gasteiger partial charge in [-0.25, -0.2) is 4.79 Å². The van der Waals surface area contributed by atoms with Crippen molar-refractivity contribution >= 4 is 17.8 Å².